The lowest BCUT2D eigenvalue weighted by molar-refractivity contribution is 0.104. The lowest BCUT2D eigenvalue weighted by Crippen LogP contribution is -2.36. The maximum absolute atomic E-state index is 9.83. The summed E-state index contributed by atoms with van der Waals surface area (Å²) in [4.78, 5) is 0. The third-order valence-electron chi connectivity index (χ3n) is 2.95. The lowest BCUT2D eigenvalue weighted by atomic mass is 10.1. The molecule has 0 spiro atoms. The second-order valence-electron chi connectivity index (χ2n) is 4.87. The molecule has 1 rings (SSSR count). The molecule has 0 saturated heterocycles. The van der Waals surface area contributed by atoms with Crippen molar-refractivity contribution in [2.24, 2.45) is 0 Å². The number of unbranched alkanes of at least 4 members (excludes halogenated alkanes) is 1. The Morgan fingerprint density at radius 1 is 1.32 bits per heavy atom. The van der Waals surface area contributed by atoms with Gasteiger partial charge in [0.25, 0.3) is 0 Å². The Bertz CT molecular complexity index is 343. The van der Waals surface area contributed by atoms with Gasteiger partial charge in [0.15, 0.2) is 0 Å². The molecule has 0 saturated carbocycles. The molecule has 19 heavy (non-hydrogen) atoms. The summed E-state index contributed by atoms with van der Waals surface area (Å²) in [5.74, 6) is 0.725. The van der Waals surface area contributed by atoms with Gasteiger partial charge in [-0.25, -0.2) is 0 Å². The van der Waals surface area contributed by atoms with Crippen LogP contribution in [-0.4, -0.2) is 30.4 Å². The van der Waals surface area contributed by atoms with Gasteiger partial charge in [-0.15, -0.1) is 0 Å². The molecule has 2 atom stereocenters. The van der Waals surface area contributed by atoms with E-state index in [0.717, 1.165) is 12.2 Å². The standard InChI is InChI=1S/C15H24ClNO2/c1-3-4-5-12(2)17-10-14(18)11-19-15-8-6-13(16)7-9-15/h6-9,12,14,17-18H,3-5,10-11H2,1-2H3. The molecule has 2 unspecified atom stereocenters. The highest BCUT2D eigenvalue weighted by Gasteiger charge is 2.07. The summed E-state index contributed by atoms with van der Waals surface area (Å²) in [7, 11) is 0. The molecule has 0 aliphatic rings. The third kappa shape index (κ3) is 7.41. The molecule has 3 nitrogen and oxygen atoms in total. The molecule has 4 heteroatoms. The van der Waals surface area contributed by atoms with Gasteiger partial charge >= 0.3 is 0 Å². The molecule has 0 aliphatic heterocycles. The Morgan fingerprint density at radius 2 is 2.00 bits per heavy atom. The van der Waals surface area contributed by atoms with E-state index in [4.69, 9.17) is 16.3 Å². The highest BCUT2D eigenvalue weighted by atomic mass is 35.5. The zero-order chi connectivity index (χ0) is 14.1. The number of nitrogens with one attached hydrogen (secondary N) is 1. The second kappa shape index (κ2) is 9.18. The third-order valence-corrected chi connectivity index (χ3v) is 3.20. The number of benzene rings is 1. The Hall–Kier alpha value is -0.770. The summed E-state index contributed by atoms with van der Waals surface area (Å²) >= 11 is 5.79. The smallest absolute Gasteiger partial charge is 0.119 e. The molecule has 1 aromatic carbocycles. The van der Waals surface area contributed by atoms with Crippen molar-refractivity contribution in [1.29, 1.82) is 0 Å². The quantitative estimate of drug-likeness (QED) is 0.732. The molecule has 0 fully saturated rings. The fourth-order valence-corrected chi connectivity index (χ4v) is 1.86. The minimum Gasteiger partial charge on any atom is -0.491 e. The van der Waals surface area contributed by atoms with E-state index in [-0.39, 0.29) is 6.61 Å². The molecule has 0 aliphatic carbocycles. The first kappa shape index (κ1) is 16.3. The minimum atomic E-state index is -0.500. The molecule has 0 aromatic heterocycles. The van der Waals surface area contributed by atoms with E-state index in [1.165, 1.54) is 12.8 Å². The van der Waals surface area contributed by atoms with Crippen LogP contribution in [0.4, 0.5) is 0 Å². The van der Waals surface area contributed by atoms with Crippen LogP contribution in [0.2, 0.25) is 5.02 Å². The van der Waals surface area contributed by atoms with Crippen LogP contribution >= 0.6 is 11.6 Å². The van der Waals surface area contributed by atoms with Gasteiger partial charge in [0, 0.05) is 17.6 Å². The van der Waals surface area contributed by atoms with Gasteiger partial charge in [0.1, 0.15) is 18.5 Å². The second-order valence-corrected chi connectivity index (χ2v) is 5.31. The zero-order valence-electron chi connectivity index (χ0n) is 11.7. The van der Waals surface area contributed by atoms with Crippen LogP contribution in [0.15, 0.2) is 24.3 Å². The summed E-state index contributed by atoms with van der Waals surface area (Å²) in [5, 5.41) is 13.8. The lowest BCUT2D eigenvalue weighted by Gasteiger charge is -2.17. The summed E-state index contributed by atoms with van der Waals surface area (Å²) in [5.41, 5.74) is 0. The maximum atomic E-state index is 9.83. The highest BCUT2D eigenvalue weighted by Crippen LogP contribution is 2.15. The fraction of sp³-hybridized carbons (Fsp3) is 0.600. The topological polar surface area (TPSA) is 41.5 Å². The van der Waals surface area contributed by atoms with Crippen LogP contribution in [0, 0.1) is 0 Å². The number of rotatable bonds is 9. The number of aliphatic hydroxyl groups is 1. The Labute approximate surface area is 120 Å². The molecule has 0 radical (unpaired) electrons. The van der Waals surface area contributed by atoms with Gasteiger partial charge in [-0.1, -0.05) is 31.4 Å². The van der Waals surface area contributed by atoms with E-state index < -0.39 is 6.10 Å². The fourth-order valence-electron chi connectivity index (χ4n) is 1.73. The Kier molecular flexibility index (Phi) is 7.87. The monoisotopic (exact) mass is 285 g/mol. The predicted octanol–water partition coefficient (Wildman–Crippen LogP) is 3.25. The van der Waals surface area contributed by atoms with E-state index in [9.17, 15) is 5.11 Å². The van der Waals surface area contributed by atoms with E-state index in [0.29, 0.717) is 17.6 Å². The van der Waals surface area contributed by atoms with Crippen molar-refractivity contribution in [1.82, 2.24) is 5.32 Å². The van der Waals surface area contributed by atoms with Crippen LogP contribution in [0.1, 0.15) is 33.1 Å². The van der Waals surface area contributed by atoms with Crippen molar-refractivity contribution < 1.29 is 9.84 Å². The van der Waals surface area contributed by atoms with Gasteiger partial charge in [-0.05, 0) is 37.6 Å². The van der Waals surface area contributed by atoms with Crippen LogP contribution in [0.25, 0.3) is 0 Å². The van der Waals surface area contributed by atoms with Gasteiger partial charge in [-0.3, -0.25) is 0 Å². The largest absolute Gasteiger partial charge is 0.491 e. The number of halogens is 1. The summed E-state index contributed by atoms with van der Waals surface area (Å²) in [6.45, 7) is 5.16. The van der Waals surface area contributed by atoms with Crippen molar-refractivity contribution >= 4 is 11.6 Å². The van der Waals surface area contributed by atoms with E-state index in [1.807, 2.05) is 0 Å². The predicted molar refractivity (Wildman–Crippen MR) is 79.9 cm³/mol. The summed E-state index contributed by atoms with van der Waals surface area (Å²) in [6.07, 6.45) is 3.06. The number of hydrogen-bond acceptors (Lipinski definition) is 3. The van der Waals surface area contributed by atoms with Gasteiger partial charge in [-0.2, -0.15) is 0 Å². The highest BCUT2D eigenvalue weighted by molar-refractivity contribution is 6.30. The van der Waals surface area contributed by atoms with Crippen LogP contribution in [0.3, 0.4) is 0 Å². The first-order valence-electron chi connectivity index (χ1n) is 6.91. The van der Waals surface area contributed by atoms with Crippen LogP contribution in [-0.2, 0) is 0 Å². The zero-order valence-corrected chi connectivity index (χ0v) is 12.5. The molecule has 2 N–H and O–H groups in total. The van der Waals surface area contributed by atoms with Gasteiger partial charge in [0.05, 0.1) is 0 Å². The Balaban J connectivity index is 2.17. The molecular formula is C15H24ClNO2. The first-order valence-corrected chi connectivity index (χ1v) is 7.29. The average Bonchev–Trinajstić information content (AvgIpc) is 2.42. The SMILES string of the molecule is CCCCC(C)NCC(O)COc1ccc(Cl)cc1. The van der Waals surface area contributed by atoms with E-state index >= 15 is 0 Å². The van der Waals surface area contributed by atoms with Gasteiger partial charge in [0.2, 0.25) is 0 Å². The number of ether oxygens (including phenoxy) is 1. The van der Waals surface area contributed by atoms with Crippen molar-refractivity contribution in [3.8, 4) is 5.75 Å². The summed E-state index contributed by atoms with van der Waals surface area (Å²) in [6, 6.07) is 7.58. The van der Waals surface area contributed by atoms with Crippen molar-refractivity contribution in [3.05, 3.63) is 29.3 Å². The van der Waals surface area contributed by atoms with Crippen LogP contribution in [0.5, 0.6) is 5.75 Å². The molecule has 108 valence electrons. The normalized spacial score (nSPS) is 14.1. The van der Waals surface area contributed by atoms with Crippen molar-refractivity contribution in [2.45, 2.75) is 45.3 Å². The molecule has 0 amide bonds. The van der Waals surface area contributed by atoms with Gasteiger partial charge < -0.3 is 15.2 Å². The van der Waals surface area contributed by atoms with Crippen LogP contribution < -0.4 is 10.1 Å². The molecular weight excluding hydrogens is 262 g/mol. The minimum absolute atomic E-state index is 0.287. The number of aliphatic hydroxyl groups excluding tert-OH is 1. The average molecular weight is 286 g/mol. The summed E-state index contributed by atoms with van der Waals surface area (Å²) < 4.78 is 5.49. The van der Waals surface area contributed by atoms with E-state index in [1.54, 1.807) is 24.3 Å². The molecule has 0 heterocycles. The maximum Gasteiger partial charge on any atom is 0.119 e. The van der Waals surface area contributed by atoms with Crippen molar-refractivity contribution in [3.63, 3.8) is 0 Å². The first-order chi connectivity index (χ1) is 9.11. The molecule has 0 bridgehead atoms. The molecule has 1 aromatic rings. The van der Waals surface area contributed by atoms with E-state index in [2.05, 4.69) is 19.2 Å². The Morgan fingerprint density at radius 3 is 2.63 bits per heavy atom. The number of hydrogen-bond donors (Lipinski definition) is 2. The van der Waals surface area contributed by atoms with Crippen molar-refractivity contribution in [2.75, 3.05) is 13.2 Å².